The van der Waals surface area contributed by atoms with Gasteiger partial charge in [0.2, 0.25) is 0 Å². The first-order valence-corrected chi connectivity index (χ1v) is 5.04. The summed E-state index contributed by atoms with van der Waals surface area (Å²) in [6.07, 6.45) is 3.60. The van der Waals surface area contributed by atoms with E-state index in [0.29, 0.717) is 0 Å². The number of benzene rings is 1. The minimum absolute atomic E-state index is 0.841. The second-order valence-electron chi connectivity index (χ2n) is 3.58. The van der Waals surface area contributed by atoms with Gasteiger partial charge in [0, 0.05) is 18.9 Å². The first kappa shape index (κ1) is 9.71. The topological polar surface area (TPSA) is 24.9 Å². The molecule has 15 heavy (non-hydrogen) atoms. The zero-order valence-corrected chi connectivity index (χ0v) is 8.77. The minimum atomic E-state index is 0.841. The van der Waals surface area contributed by atoms with Crippen LogP contribution in [0, 0.1) is 6.92 Å². The second kappa shape index (κ2) is 4.60. The van der Waals surface area contributed by atoms with E-state index in [1.165, 1.54) is 11.1 Å². The molecule has 0 fully saturated rings. The molecule has 1 N–H and O–H groups in total. The molecule has 2 heteroatoms. The van der Waals surface area contributed by atoms with Gasteiger partial charge in [0.05, 0.1) is 5.69 Å². The lowest BCUT2D eigenvalue weighted by Gasteiger charge is -2.06. The third kappa shape index (κ3) is 2.81. The number of aromatic nitrogens is 1. The molecule has 0 atom stereocenters. The lowest BCUT2D eigenvalue weighted by Crippen LogP contribution is -1.99. The molecule has 2 aromatic rings. The van der Waals surface area contributed by atoms with Crippen molar-refractivity contribution in [3.8, 4) is 0 Å². The zero-order valence-electron chi connectivity index (χ0n) is 8.77. The lowest BCUT2D eigenvalue weighted by molar-refractivity contribution is 1.13. The Labute approximate surface area is 90.0 Å². The third-order valence-corrected chi connectivity index (χ3v) is 2.24. The fraction of sp³-hybridized carbons (Fsp3) is 0.154. The molecule has 2 nitrogen and oxygen atoms in total. The first-order chi connectivity index (χ1) is 7.34. The van der Waals surface area contributed by atoms with Gasteiger partial charge in [-0.3, -0.25) is 4.98 Å². The highest BCUT2D eigenvalue weighted by atomic mass is 14.9. The number of nitrogens with one attached hydrogen (secondary N) is 1. The minimum Gasteiger partial charge on any atom is -0.380 e. The van der Waals surface area contributed by atoms with Crippen molar-refractivity contribution in [3.05, 3.63) is 59.9 Å². The van der Waals surface area contributed by atoms with Crippen molar-refractivity contribution in [1.29, 1.82) is 0 Å². The van der Waals surface area contributed by atoms with E-state index in [2.05, 4.69) is 41.5 Å². The van der Waals surface area contributed by atoms with Gasteiger partial charge in [-0.1, -0.05) is 29.8 Å². The Bertz CT molecular complexity index is 424. The van der Waals surface area contributed by atoms with Crippen LogP contribution in [0.25, 0.3) is 0 Å². The highest BCUT2D eigenvalue weighted by molar-refractivity contribution is 5.40. The highest BCUT2D eigenvalue weighted by Crippen LogP contribution is 2.08. The molecule has 1 aromatic heterocycles. The van der Waals surface area contributed by atoms with Gasteiger partial charge in [-0.15, -0.1) is 0 Å². The molecule has 0 spiro atoms. The van der Waals surface area contributed by atoms with Gasteiger partial charge in [0.1, 0.15) is 0 Å². The van der Waals surface area contributed by atoms with E-state index < -0.39 is 0 Å². The summed E-state index contributed by atoms with van der Waals surface area (Å²) in [5, 5.41) is 3.33. The molecule has 0 aliphatic carbocycles. The molecule has 0 amide bonds. The van der Waals surface area contributed by atoms with Crippen LogP contribution in [0.15, 0.2) is 48.8 Å². The second-order valence-corrected chi connectivity index (χ2v) is 3.58. The van der Waals surface area contributed by atoms with E-state index in [0.717, 1.165) is 12.2 Å². The summed E-state index contributed by atoms with van der Waals surface area (Å²) in [6.45, 7) is 2.95. The maximum atomic E-state index is 4.05. The quantitative estimate of drug-likeness (QED) is 0.820. The zero-order chi connectivity index (χ0) is 10.5. The van der Waals surface area contributed by atoms with Crippen molar-refractivity contribution in [3.63, 3.8) is 0 Å². The smallest absolute Gasteiger partial charge is 0.0529 e. The monoisotopic (exact) mass is 198 g/mol. The van der Waals surface area contributed by atoms with E-state index in [4.69, 9.17) is 0 Å². The molecule has 0 unspecified atom stereocenters. The van der Waals surface area contributed by atoms with Crippen LogP contribution in [0.1, 0.15) is 11.1 Å². The van der Waals surface area contributed by atoms with Crippen LogP contribution < -0.4 is 5.32 Å². The Morgan fingerprint density at radius 2 is 2.13 bits per heavy atom. The number of pyridine rings is 1. The number of aryl methyl sites for hydroxylation is 1. The van der Waals surface area contributed by atoms with Crippen LogP contribution in [0.5, 0.6) is 0 Å². The third-order valence-electron chi connectivity index (χ3n) is 2.24. The molecule has 0 bridgehead atoms. The van der Waals surface area contributed by atoms with Crippen LogP contribution >= 0.6 is 0 Å². The lowest BCUT2D eigenvalue weighted by atomic mass is 10.1. The molecule has 76 valence electrons. The molecule has 1 heterocycles. The van der Waals surface area contributed by atoms with Crippen molar-refractivity contribution in [2.75, 3.05) is 5.32 Å². The molecule has 0 saturated heterocycles. The Hall–Kier alpha value is -1.83. The Morgan fingerprint density at radius 1 is 1.20 bits per heavy atom. The molecule has 0 radical (unpaired) electrons. The summed E-state index contributed by atoms with van der Waals surface area (Å²) in [4.78, 5) is 4.05. The maximum Gasteiger partial charge on any atom is 0.0529 e. The Morgan fingerprint density at radius 3 is 2.87 bits per heavy atom. The number of hydrogen-bond donors (Lipinski definition) is 1. The molecular formula is C13H14N2. The Balaban J connectivity index is 1.99. The predicted octanol–water partition coefficient (Wildman–Crippen LogP) is 3.00. The molecule has 0 aliphatic rings. The average Bonchev–Trinajstić information content (AvgIpc) is 2.28. The van der Waals surface area contributed by atoms with Crippen molar-refractivity contribution in [2.24, 2.45) is 0 Å². The summed E-state index contributed by atoms with van der Waals surface area (Å²) in [7, 11) is 0. The van der Waals surface area contributed by atoms with Gasteiger partial charge in [0.25, 0.3) is 0 Å². The SMILES string of the molecule is Cc1cccc(CNc2cccnc2)c1. The fourth-order valence-corrected chi connectivity index (χ4v) is 1.49. The van der Waals surface area contributed by atoms with Gasteiger partial charge in [-0.25, -0.2) is 0 Å². The van der Waals surface area contributed by atoms with Crippen LogP contribution in [-0.4, -0.2) is 4.98 Å². The number of rotatable bonds is 3. The van der Waals surface area contributed by atoms with E-state index in [1.54, 1.807) is 6.20 Å². The van der Waals surface area contributed by atoms with Gasteiger partial charge < -0.3 is 5.32 Å². The summed E-state index contributed by atoms with van der Waals surface area (Å²) in [5.74, 6) is 0. The van der Waals surface area contributed by atoms with E-state index in [9.17, 15) is 0 Å². The van der Waals surface area contributed by atoms with Gasteiger partial charge in [-0.2, -0.15) is 0 Å². The van der Waals surface area contributed by atoms with Crippen molar-refractivity contribution < 1.29 is 0 Å². The van der Waals surface area contributed by atoms with Gasteiger partial charge >= 0.3 is 0 Å². The van der Waals surface area contributed by atoms with E-state index in [-0.39, 0.29) is 0 Å². The van der Waals surface area contributed by atoms with Crippen LogP contribution in [0.3, 0.4) is 0 Å². The molecule has 0 saturated carbocycles. The molecule has 2 rings (SSSR count). The summed E-state index contributed by atoms with van der Waals surface area (Å²) in [6, 6.07) is 12.4. The Kier molecular flexibility index (Phi) is 2.98. The van der Waals surface area contributed by atoms with E-state index >= 15 is 0 Å². The normalized spacial score (nSPS) is 9.93. The first-order valence-electron chi connectivity index (χ1n) is 5.04. The highest BCUT2D eigenvalue weighted by Gasteiger charge is 1.93. The summed E-state index contributed by atoms with van der Waals surface area (Å²) < 4.78 is 0. The van der Waals surface area contributed by atoms with Gasteiger partial charge in [-0.05, 0) is 24.6 Å². The number of anilines is 1. The maximum absolute atomic E-state index is 4.05. The predicted molar refractivity (Wildman–Crippen MR) is 62.7 cm³/mol. The summed E-state index contributed by atoms with van der Waals surface area (Å²) in [5.41, 5.74) is 3.64. The summed E-state index contributed by atoms with van der Waals surface area (Å²) >= 11 is 0. The molecular weight excluding hydrogens is 184 g/mol. The average molecular weight is 198 g/mol. The van der Waals surface area contributed by atoms with Crippen molar-refractivity contribution in [1.82, 2.24) is 4.98 Å². The molecule has 1 aromatic carbocycles. The van der Waals surface area contributed by atoms with Crippen LogP contribution in [0.4, 0.5) is 5.69 Å². The largest absolute Gasteiger partial charge is 0.380 e. The van der Waals surface area contributed by atoms with Crippen LogP contribution in [0.2, 0.25) is 0 Å². The van der Waals surface area contributed by atoms with Crippen molar-refractivity contribution >= 4 is 5.69 Å². The molecule has 0 aliphatic heterocycles. The van der Waals surface area contributed by atoms with Crippen molar-refractivity contribution in [2.45, 2.75) is 13.5 Å². The number of hydrogen-bond acceptors (Lipinski definition) is 2. The van der Waals surface area contributed by atoms with E-state index in [1.807, 2.05) is 18.3 Å². The fourth-order valence-electron chi connectivity index (χ4n) is 1.49. The number of nitrogens with zero attached hydrogens (tertiary/aromatic N) is 1. The standard InChI is InChI=1S/C13H14N2/c1-11-4-2-5-12(8-11)9-15-13-6-3-7-14-10-13/h2-8,10,15H,9H2,1H3. The van der Waals surface area contributed by atoms with Crippen LogP contribution in [-0.2, 0) is 6.54 Å². The van der Waals surface area contributed by atoms with Gasteiger partial charge in [0.15, 0.2) is 0 Å².